The van der Waals surface area contributed by atoms with Gasteiger partial charge in [-0.1, -0.05) is 44.2 Å². The molecule has 0 spiro atoms. The molecule has 1 aromatic rings. The van der Waals surface area contributed by atoms with Crippen LogP contribution >= 0.6 is 0 Å². The summed E-state index contributed by atoms with van der Waals surface area (Å²) in [5, 5.41) is 16.9. The molecule has 0 saturated heterocycles. The summed E-state index contributed by atoms with van der Waals surface area (Å²) < 4.78 is 0. The van der Waals surface area contributed by atoms with Crippen molar-refractivity contribution in [1.82, 2.24) is 10.6 Å². The zero-order chi connectivity index (χ0) is 16.3. The van der Waals surface area contributed by atoms with E-state index in [1.807, 2.05) is 26.8 Å². The number of benzene rings is 1. The van der Waals surface area contributed by atoms with Crippen LogP contribution in [0.25, 0.3) is 0 Å². The third kappa shape index (κ3) is 6.94. The highest BCUT2D eigenvalue weighted by molar-refractivity contribution is 5.79. The van der Waals surface area contributed by atoms with Gasteiger partial charge in [-0.3, -0.25) is 4.99 Å². The van der Waals surface area contributed by atoms with Crippen LogP contribution < -0.4 is 10.6 Å². The van der Waals surface area contributed by atoms with E-state index in [1.54, 1.807) is 0 Å². The zero-order valence-corrected chi connectivity index (χ0v) is 14.2. The van der Waals surface area contributed by atoms with Gasteiger partial charge in [-0.05, 0) is 38.2 Å². The van der Waals surface area contributed by atoms with Crippen molar-refractivity contribution in [3.05, 3.63) is 35.9 Å². The van der Waals surface area contributed by atoms with Gasteiger partial charge in [0.15, 0.2) is 5.96 Å². The Bertz CT molecular complexity index is 427. The number of hydrogen-bond acceptors (Lipinski definition) is 2. The Morgan fingerprint density at radius 3 is 2.36 bits per heavy atom. The van der Waals surface area contributed by atoms with Crippen LogP contribution in [0.1, 0.15) is 45.6 Å². The number of nitrogens with one attached hydrogen (secondary N) is 2. The molecule has 4 heteroatoms. The lowest BCUT2D eigenvalue weighted by Crippen LogP contribution is -2.40. The minimum absolute atomic E-state index is 0.439. The molecule has 0 aliphatic rings. The molecule has 0 bridgehead atoms. The Balaban J connectivity index is 2.40. The van der Waals surface area contributed by atoms with Crippen LogP contribution in [0.3, 0.4) is 0 Å². The van der Waals surface area contributed by atoms with Crippen molar-refractivity contribution in [3.63, 3.8) is 0 Å². The van der Waals surface area contributed by atoms with E-state index >= 15 is 0 Å². The van der Waals surface area contributed by atoms with Gasteiger partial charge in [0.1, 0.15) is 0 Å². The second-order valence-corrected chi connectivity index (χ2v) is 5.64. The van der Waals surface area contributed by atoms with Crippen molar-refractivity contribution in [3.8, 4) is 0 Å². The second-order valence-electron chi connectivity index (χ2n) is 5.64. The standard InChI is InChI=1S/C18H31N3O/c1-4-18(22,5-2)15-21-17(19-6-3)20-14-10-13-16-11-8-7-9-12-16/h7-9,11-12,22H,4-6,10,13-15H2,1-3H3,(H2,19,20,21). The number of rotatable bonds is 9. The maximum atomic E-state index is 10.3. The average Bonchev–Trinajstić information content (AvgIpc) is 2.57. The van der Waals surface area contributed by atoms with Gasteiger partial charge in [0.25, 0.3) is 0 Å². The Labute approximate surface area is 135 Å². The molecule has 0 radical (unpaired) electrons. The summed E-state index contributed by atoms with van der Waals surface area (Å²) in [6.45, 7) is 8.18. The maximum Gasteiger partial charge on any atom is 0.191 e. The molecule has 1 aromatic carbocycles. The number of aliphatic hydroxyl groups is 1. The maximum absolute atomic E-state index is 10.3. The van der Waals surface area contributed by atoms with Gasteiger partial charge < -0.3 is 15.7 Å². The van der Waals surface area contributed by atoms with Gasteiger partial charge in [-0.2, -0.15) is 0 Å². The highest BCUT2D eigenvalue weighted by Crippen LogP contribution is 2.14. The molecule has 0 amide bonds. The van der Waals surface area contributed by atoms with Crippen LogP contribution in [0.5, 0.6) is 0 Å². The molecular weight excluding hydrogens is 274 g/mol. The summed E-state index contributed by atoms with van der Waals surface area (Å²) in [5.74, 6) is 0.788. The van der Waals surface area contributed by atoms with Crippen LogP contribution in [0.4, 0.5) is 0 Å². The minimum Gasteiger partial charge on any atom is -0.388 e. The first-order valence-corrected chi connectivity index (χ1v) is 8.42. The van der Waals surface area contributed by atoms with Crippen LogP contribution in [0, 0.1) is 0 Å². The van der Waals surface area contributed by atoms with E-state index in [-0.39, 0.29) is 0 Å². The van der Waals surface area contributed by atoms with Crippen molar-refractivity contribution in [2.75, 3.05) is 19.6 Å². The Morgan fingerprint density at radius 1 is 1.09 bits per heavy atom. The monoisotopic (exact) mass is 305 g/mol. The normalized spacial score (nSPS) is 12.3. The van der Waals surface area contributed by atoms with Gasteiger partial charge in [-0.15, -0.1) is 0 Å². The Hall–Kier alpha value is -1.55. The molecule has 0 aromatic heterocycles. The molecule has 0 aliphatic heterocycles. The van der Waals surface area contributed by atoms with Crippen molar-refractivity contribution in [2.45, 2.75) is 52.1 Å². The van der Waals surface area contributed by atoms with Gasteiger partial charge in [0, 0.05) is 13.1 Å². The molecule has 0 heterocycles. The van der Waals surface area contributed by atoms with Crippen LogP contribution in [0.15, 0.2) is 35.3 Å². The lowest BCUT2D eigenvalue weighted by molar-refractivity contribution is 0.0418. The molecule has 0 aliphatic carbocycles. The summed E-state index contributed by atoms with van der Waals surface area (Å²) in [6.07, 6.45) is 3.56. The molecule has 4 nitrogen and oxygen atoms in total. The zero-order valence-electron chi connectivity index (χ0n) is 14.2. The predicted molar refractivity (Wildman–Crippen MR) is 94.3 cm³/mol. The first-order valence-electron chi connectivity index (χ1n) is 8.42. The summed E-state index contributed by atoms with van der Waals surface area (Å²) in [4.78, 5) is 4.52. The van der Waals surface area contributed by atoms with Gasteiger partial charge in [0.2, 0.25) is 0 Å². The summed E-state index contributed by atoms with van der Waals surface area (Å²) in [5.41, 5.74) is 0.671. The van der Waals surface area contributed by atoms with Crippen LogP contribution in [0.2, 0.25) is 0 Å². The fourth-order valence-electron chi connectivity index (χ4n) is 2.19. The first kappa shape index (κ1) is 18.5. The molecule has 0 fully saturated rings. The van der Waals surface area contributed by atoms with Crippen molar-refractivity contribution >= 4 is 5.96 Å². The van der Waals surface area contributed by atoms with E-state index in [0.29, 0.717) is 6.54 Å². The molecule has 1 rings (SSSR count). The predicted octanol–water partition coefficient (Wildman–Crippen LogP) is 2.73. The lowest BCUT2D eigenvalue weighted by atomic mass is 9.98. The Kier molecular flexibility index (Phi) is 8.60. The fourth-order valence-corrected chi connectivity index (χ4v) is 2.19. The van der Waals surface area contributed by atoms with Gasteiger partial charge in [-0.25, -0.2) is 0 Å². The van der Waals surface area contributed by atoms with E-state index in [9.17, 15) is 5.11 Å². The molecule has 0 atom stereocenters. The van der Waals surface area contributed by atoms with Crippen molar-refractivity contribution in [2.24, 2.45) is 4.99 Å². The number of nitrogens with zero attached hydrogens (tertiary/aromatic N) is 1. The second kappa shape index (κ2) is 10.2. The molecule has 3 N–H and O–H groups in total. The van der Waals surface area contributed by atoms with E-state index in [1.165, 1.54) is 5.56 Å². The number of hydrogen-bond donors (Lipinski definition) is 3. The summed E-state index contributed by atoms with van der Waals surface area (Å²) >= 11 is 0. The average molecular weight is 305 g/mol. The SMILES string of the molecule is CCNC(=NCC(O)(CC)CC)NCCCc1ccccc1. The van der Waals surface area contributed by atoms with E-state index in [2.05, 4.69) is 39.9 Å². The Morgan fingerprint density at radius 2 is 1.77 bits per heavy atom. The minimum atomic E-state index is -0.688. The van der Waals surface area contributed by atoms with E-state index < -0.39 is 5.60 Å². The lowest BCUT2D eigenvalue weighted by Gasteiger charge is -2.23. The molecule has 124 valence electrons. The quantitative estimate of drug-likeness (QED) is 0.373. The third-order valence-corrected chi connectivity index (χ3v) is 3.97. The molecule has 22 heavy (non-hydrogen) atoms. The van der Waals surface area contributed by atoms with Crippen molar-refractivity contribution in [1.29, 1.82) is 0 Å². The van der Waals surface area contributed by atoms with Gasteiger partial charge in [0.05, 0.1) is 12.1 Å². The van der Waals surface area contributed by atoms with Crippen LogP contribution in [-0.2, 0) is 6.42 Å². The van der Waals surface area contributed by atoms with E-state index in [0.717, 1.165) is 44.7 Å². The third-order valence-electron chi connectivity index (χ3n) is 3.97. The summed E-state index contributed by atoms with van der Waals surface area (Å²) in [6, 6.07) is 10.5. The summed E-state index contributed by atoms with van der Waals surface area (Å²) in [7, 11) is 0. The number of guanidine groups is 1. The topological polar surface area (TPSA) is 56.7 Å². The number of aryl methyl sites for hydroxylation is 1. The van der Waals surface area contributed by atoms with Gasteiger partial charge >= 0.3 is 0 Å². The first-order chi connectivity index (χ1) is 10.6. The number of aliphatic imine (C=N–C) groups is 1. The van der Waals surface area contributed by atoms with Crippen molar-refractivity contribution < 1.29 is 5.11 Å². The fraction of sp³-hybridized carbons (Fsp3) is 0.611. The molecular formula is C18H31N3O. The molecule has 0 unspecified atom stereocenters. The van der Waals surface area contributed by atoms with E-state index in [4.69, 9.17) is 0 Å². The highest BCUT2D eigenvalue weighted by atomic mass is 16.3. The van der Waals surface area contributed by atoms with Crippen LogP contribution in [-0.4, -0.2) is 36.3 Å². The smallest absolute Gasteiger partial charge is 0.191 e. The largest absolute Gasteiger partial charge is 0.388 e. The molecule has 0 saturated carbocycles. The highest BCUT2D eigenvalue weighted by Gasteiger charge is 2.21.